The predicted octanol–water partition coefficient (Wildman–Crippen LogP) is 3.24. The first-order chi connectivity index (χ1) is 12.5. The van der Waals surface area contributed by atoms with E-state index >= 15 is 0 Å². The van der Waals surface area contributed by atoms with Crippen molar-refractivity contribution < 1.29 is 23.2 Å². The predicted molar refractivity (Wildman–Crippen MR) is 105 cm³/mol. The molecule has 0 aromatic heterocycles. The van der Waals surface area contributed by atoms with Crippen molar-refractivity contribution in [2.75, 3.05) is 0 Å². The van der Waals surface area contributed by atoms with Gasteiger partial charge in [-0.3, -0.25) is 14.2 Å². The number of rotatable bonds is 10. The first-order valence-electron chi connectivity index (χ1n) is 9.13. The van der Waals surface area contributed by atoms with Gasteiger partial charge in [0.2, 0.25) is 11.8 Å². The van der Waals surface area contributed by atoms with Crippen molar-refractivity contribution in [3.8, 4) is 0 Å². The summed E-state index contributed by atoms with van der Waals surface area (Å²) >= 11 is 0. The van der Waals surface area contributed by atoms with Crippen LogP contribution in [0.5, 0.6) is 0 Å². The molecule has 0 heterocycles. The van der Waals surface area contributed by atoms with Crippen LogP contribution in [0.25, 0.3) is 0 Å². The van der Waals surface area contributed by atoms with Gasteiger partial charge in [0.1, 0.15) is 11.8 Å². The average Bonchev–Trinajstić information content (AvgIpc) is 2.53. The molecule has 0 fully saturated rings. The molecule has 2 N–H and O–H groups in total. The Morgan fingerprint density at radius 2 is 1.44 bits per heavy atom. The Kier molecular flexibility index (Phi) is 9.16. The number of carbonyl (C=O) groups is 2. The van der Waals surface area contributed by atoms with Gasteiger partial charge in [0, 0.05) is 0 Å². The average molecular weight is 398 g/mol. The molecule has 0 saturated carbocycles. The summed E-state index contributed by atoms with van der Waals surface area (Å²) in [5, 5.41) is 5.28. The molecule has 0 unspecified atom stereocenters. The van der Waals surface area contributed by atoms with Gasteiger partial charge >= 0.3 is 7.60 Å². The molecule has 0 aliphatic heterocycles. The maximum Gasteiger partial charge on any atom is 0.352 e. The van der Waals surface area contributed by atoms with Crippen LogP contribution in [0, 0.1) is 0 Å². The Morgan fingerprint density at radius 3 is 1.93 bits per heavy atom. The van der Waals surface area contributed by atoms with E-state index < -0.39 is 25.3 Å². The van der Waals surface area contributed by atoms with Crippen molar-refractivity contribution in [3.05, 3.63) is 35.9 Å². The van der Waals surface area contributed by atoms with E-state index in [0.29, 0.717) is 0 Å². The van der Waals surface area contributed by atoms with Gasteiger partial charge in [0.05, 0.1) is 18.6 Å². The minimum atomic E-state index is -3.55. The molecular weight excluding hydrogens is 367 g/mol. The fourth-order valence-electron chi connectivity index (χ4n) is 2.34. The third kappa shape index (κ3) is 8.24. The van der Waals surface area contributed by atoms with Gasteiger partial charge in [0.15, 0.2) is 0 Å². The molecule has 1 aromatic rings. The molecule has 2 amide bonds. The molecule has 0 spiro atoms. The van der Waals surface area contributed by atoms with Crippen LogP contribution in [0.4, 0.5) is 0 Å². The summed E-state index contributed by atoms with van der Waals surface area (Å²) < 4.78 is 24.0. The van der Waals surface area contributed by atoms with Gasteiger partial charge in [0.25, 0.3) is 0 Å². The summed E-state index contributed by atoms with van der Waals surface area (Å²) in [5.41, 5.74) is 0.858. The van der Waals surface area contributed by atoms with Crippen LogP contribution in [0.3, 0.4) is 0 Å². The fraction of sp³-hybridized carbons (Fsp3) is 0.579. The summed E-state index contributed by atoms with van der Waals surface area (Å²) in [4.78, 5) is 24.5. The molecule has 8 heteroatoms. The second-order valence-electron chi connectivity index (χ2n) is 6.98. The Bertz CT molecular complexity index is 649. The van der Waals surface area contributed by atoms with Gasteiger partial charge < -0.3 is 19.7 Å². The number of carbonyl (C=O) groups excluding carboxylic acids is 2. The zero-order valence-corrected chi connectivity index (χ0v) is 17.8. The fourth-order valence-corrected chi connectivity index (χ4v) is 4.22. The van der Waals surface area contributed by atoms with Crippen molar-refractivity contribution in [1.29, 1.82) is 0 Å². The molecule has 0 aliphatic carbocycles. The van der Waals surface area contributed by atoms with E-state index in [0.717, 1.165) is 5.56 Å². The van der Waals surface area contributed by atoms with E-state index in [9.17, 15) is 14.2 Å². The second kappa shape index (κ2) is 10.6. The van der Waals surface area contributed by atoms with Gasteiger partial charge in [-0.25, -0.2) is 0 Å². The third-order valence-corrected chi connectivity index (χ3v) is 6.03. The molecule has 0 saturated heterocycles. The zero-order chi connectivity index (χ0) is 20.6. The smallest absolute Gasteiger partial charge is 0.344 e. The van der Waals surface area contributed by atoms with Crippen LogP contribution in [-0.4, -0.2) is 35.8 Å². The van der Waals surface area contributed by atoms with E-state index in [1.165, 1.54) is 0 Å². The minimum absolute atomic E-state index is 0.180. The largest absolute Gasteiger partial charge is 0.352 e. The Balaban J connectivity index is 2.66. The normalized spacial score (nSPS) is 14.1. The topological polar surface area (TPSA) is 93.7 Å². The SMILES string of the molecule is CC(C)OP(=O)(OC(C)C)[C@@H](C)NC(=O)[C@H](C)NC(=O)Cc1ccccc1. The lowest BCUT2D eigenvalue weighted by Gasteiger charge is -2.29. The quantitative estimate of drug-likeness (QED) is 0.590. The van der Waals surface area contributed by atoms with E-state index in [-0.39, 0.29) is 24.5 Å². The summed E-state index contributed by atoms with van der Waals surface area (Å²) in [6.07, 6.45) is -0.465. The lowest BCUT2D eigenvalue weighted by molar-refractivity contribution is -0.128. The molecule has 1 aromatic carbocycles. The molecule has 0 aliphatic rings. The van der Waals surface area contributed by atoms with Gasteiger partial charge in [-0.15, -0.1) is 0 Å². The highest BCUT2D eigenvalue weighted by molar-refractivity contribution is 7.54. The summed E-state index contributed by atoms with van der Waals surface area (Å²) in [5.74, 6) is -1.57. The number of hydrogen-bond donors (Lipinski definition) is 2. The molecule has 7 nitrogen and oxygen atoms in total. The molecular formula is C19H31N2O5P. The first kappa shape index (κ1) is 23.3. The van der Waals surface area contributed by atoms with Gasteiger partial charge in [-0.05, 0) is 47.1 Å². The number of nitrogens with one attached hydrogen (secondary N) is 2. The highest BCUT2D eigenvalue weighted by atomic mass is 31.2. The van der Waals surface area contributed by atoms with Gasteiger partial charge in [-0.1, -0.05) is 30.3 Å². The van der Waals surface area contributed by atoms with Crippen molar-refractivity contribution in [1.82, 2.24) is 10.6 Å². The standard InChI is InChI=1S/C19H31N2O5P/c1-13(2)25-27(24,26-14(3)4)16(6)21-19(23)15(5)20-18(22)12-17-10-8-7-9-11-17/h7-11,13-16H,12H2,1-6H3,(H,20,22)(H,21,23)/t15-,16-/m0/s1. The van der Waals surface area contributed by atoms with Crippen LogP contribution in [0.15, 0.2) is 30.3 Å². The van der Waals surface area contributed by atoms with Crippen molar-refractivity contribution >= 4 is 19.4 Å². The Morgan fingerprint density at radius 1 is 0.926 bits per heavy atom. The summed E-state index contributed by atoms with van der Waals surface area (Å²) in [7, 11) is -3.55. The molecule has 152 valence electrons. The molecule has 1 rings (SSSR count). The lowest BCUT2D eigenvalue weighted by Crippen LogP contribution is -2.48. The highest BCUT2D eigenvalue weighted by Crippen LogP contribution is 2.53. The van der Waals surface area contributed by atoms with Crippen LogP contribution in [0.1, 0.15) is 47.1 Å². The summed E-state index contributed by atoms with van der Waals surface area (Å²) in [6.45, 7) is 10.1. The van der Waals surface area contributed by atoms with E-state index in [4.69, 9.17) is 9.05 Å². The van der Waals surface area contributed by atoms with Crippen LogP contribution in [-0.2, 0) is 29.6 Å². The monoisotopic (exact) mass is 398 g/mol. The van der Waals surface area contributed by atoms with Crippen LogP contribution in [0.2, 0.25) is 0 Å². The molecule has 2 atom stereocenters. The first-order valence-corrected chi connectivity index (χ1v) is 10.7. The number of hydrogen-bond acceptors (Lipinski definition) is 5. The van der Waals surface area contributed by atoms with Crippen molar-refractivity contribution in [3.63, 3.8) is 0 Å². The number of benzene rings is 1. The van der Waals surface area contributed by atoms with Crippen molar-refractivity contribution in [2.45, 2.75) is 72.0 Å². The molecule has 0 bridgehead atoms. The Labute approximate surface area is 161 Å². The van der Waals surface area contributed by atoms with Crippen LogP contribution >= 0.6 is 7.60 Å². The van der Waals surface area contributed by atoms with Crippen molar-refractivity contribution in [2.24, 2.45) is 0 Å². The van der Waals surface area contributed by atoms with E-state index in [1.54, 1.807) is 41.5 Å². The van der Waals surface area contributed by atoms with Gasteiger partial charge in [-0.2, -0.15) is 0 Å². The molecule has 27 heavy (non-hydrogen) atoms. The summed E-state index contributed by atoms with van der Waals surface area (Å²) in [6, 6.07) is 8.47. The maximum absolute atomic E-state index is 13.0. The third-order valence-electron chi connectivity index (χ3n) is 3.52. The van der Waals surface area contributed by atoms with E-state index in [1.807, 2.05) is 30.3 Å². The molecule has 0 radical (unpaired) electrons. The lowest BCUT2D eigenvalue weighted by atomic mass is 10.1. The Hall–Kier alpha value is -1.69. The maximum atomic E-state index is 13.0. The van der Waals surface area contributed by atoms with Crippen LogP contribution < -0.4 is 10.6 Å². The zero-order valence-electron chi connectivity index (χ0n) is 16.9. The second-order valence-corrected chi connectivity index (χ2v) is 9.26. The van der Waals surface area contributed by atoms with E-state index in [2.05, 4.69) is 10.6 Å². The minimum Gasteiger partial charge on any atom is -0.344 e. The highest BCUT2D eigenvalue weighted by Gasteiger charge is 2.36. The number of amides is 2.